The molecule has 1 amide bonds. The van der Waals surface area contributed by atoms with Crippen molar-refractivity contribution in [2.24, 2.45) is 0 Å². The Morgan fingerprint density at radius 3 is 2.62 bits per heavy atom. The molecular weight excluding hydrogens is 350 g/mol. The summed E-state index contributed by atoms with van der Waals surface area (Å²) in [7, 11) is 0. The molecule has 0 aliphatic carbocycles. The van der Waals surface area contributed by atoms with Crippen molar-refractivity contribution < 1.29 is 14.3 Å². The number of benzene rings is 1. The van der Waals surface area contributed by atoms with Crippen LogP contribution in [0.5, 0.6) is 0 Å². The fraction of sp³-hybridized carbons (Fsp3) is 0.263. The zero-order valence-electron chi connectivity index (χ0n) is 14.6. The number of nitrogens with one attached hydrogen (secondary N) is 1. The summed E-state index contributed by atoms with van der Waals surface area (Å²) in [6.45, 7) is 3.92. The van der Waals surface area contributed by atoms with Crippen molar-refractivity contribution in [2.75, 3.05) is 17.7 Å². The van der Waals surface area contributed by atoms with Crippen molar-refractivity contribution >= 4 is 29.3 Å². The van der Waals surface area contributed by atoms with E-state index in [2.05, 4.69) is 16.4 Å². The quantitative estimate of drug-likeness (QED) is 0.593. The number of rotatable bonds is 7. The van der Waals surface area contributed by atoms with Gasteiger partial charge in [0.1, 0.15) is 11.1 Å². The van der Waals surface area contributed by atoms with Crippen LogP contribution in [0.25, 0.3) is 0 Å². The number of aryl methyl sites for hydroxylation is 1. The summed E-state index contributed by atoms with van der Waals surface area (Å²) in [6.07, 6.45) is 0.283. The smallest absolute Gasteiger partial charge is 0.338 e. The molecule has 2 aromatic rings. The Bertz CT molecular complexity index is 829. The molecule has 0 bridgehead atoms. The van der Waals surface area contributed by atoms with Crippen molar-refractivity contribution in [1.82, 2.24) is 4.98 Å². The summed E-state index contributed by atoms with van der Waals surface area (Å²) >= 11 is 1.38. The molecule has 0 aliphatic rings. The molecule has 1 aromatic heterocycles. The molecule has 1 heterocycles. The van der Waals surface area contributed by atoms with Gasteiger partial charge in [-0.25, -0.2) is 9.78 Å². The van der Waals surface area contributed by atoms with Crippen LogP contribution in [0.15, 0.2) is 41.4 Å². The number of carbonyl (C=O) groups is 2. The predicted octanol–water partition coefficient (Wildman–Crippen LogP) is 3.56. The van der Waals surface area contributed by atoms with Crippen LogP contribution >= 0.6 is 11.8 Å². The normalized spacial score (nSPS) is 10.0. The number of carbonyl (C=O) groups excluding carboxylic acids is 2. The second kappa shape index (κ2) is 9.59. The number of aromatic nitrogens is 1. The zero-order valence-corrected chi connectivity index (χ0v) is 15.4. The third kappa shape index (κ3) is 5.60. The molecule has 0 unspecified atom stereocenters. The molecule has 26 heavy (non-hydrogen) atoms. The number of esters is 1. The van der Waals surface area contributed by atoms with E-state index in [1.54, 1.807) is 43.3 Å². The van der Waals surface area contributed by atoms with E-state index in [-0.39, 0.29) is 18.3 Å². The van der Waals surface area contributed by atoms with Gasteiger partial charge in [-0.05, 0) is 50.2 Å². The van der Waals surface area contributed by atoms with Crippen LogP contribution in [-0.4, -0.2) is 29.2 Å². The zero-order chi connectivity index (χ0) is 18.9. The lowest BCUT2D eigenvalue weighted by atomic mass is 10.2. The highest BCUT2D eigenvalue weighted by molar-refractivity contribution is 7.99. The van der Waals surface area contributed by atoms with Crippen LogP contribution in [0.4, 0.5) is 5.69 Å². The monoisotopic (exact) mass is 369 g/mol. The van der Waals surface area contributed by atoms with Crippen LogP contribution in [-0.2, 0) is 9.53 Å². The van der Waals surface area contributed by atoms with Crippen molar-refractivity contribution in [1.29, 1.82) is 5.26 Å². The number of anilines is 1. The summed E-state index contributed by atoms with van der Waals surface area (Å²) in [6, 6.07) is 12.2. The number of nitrogens with zero attached hydrogens (tertiary/aromatic N) is 2. The third-order valence-corrected chi connectivity index (χ3v) is 4.36. The van der Waals surface area contributed by atoms with E-state index in [1.165, 1.54) is 11.8 Å². The number of amides is 1. The minimum atomic E-state index is -0.388. The Labute approximate surface area is 156 Å². The van der Waals surface area contributed by atoms with Gasteiger partial charge in [-0.1, -0.05) is 0 Å². The SMILES string of the molecule is CCOC(=O)c1ccc(NC(=O)CCSc2nc(C)ccc2C#N)cc1. The largest absolute Gasteiger partial charge is 0.462 e. The van der Waals surface area contributed by atoms with E-state index in [0.29, 0.717) is 34.2 Å². The molecule has 134 valence electrons. The second-order valence-corrected chi connectivity index (χ2v) is 6.45. The number of hydrogen-bond donors (Lipinski definition) is 1. The molecule has 0 radical (unpaired) electrons. The molecule has 7 heteroatoms. The first-order valence-electron chi connectivity index (χ1n) is 8.11. The van der Waals surface area contributed by atoms with E-state index in [4.69, 9.17) is 10.00 Å². The Morgan fingerprint density at radius 1 is 1.23 bits per heavy atom. The van der Waals surface area contributed by atoms with Gasteiger partial charge in [0.2, 0.25) is 5.91 Å². The molecule has 0 atom stereocenters. The van der Waals surface area contributed by atoms with Crippen molar-refractivity contribution in [3.63, 3.8) is 0 Å². The number of hydrogen-bond acceptors (Lipinski definition) is 6. The summed E-state index contributed by atoms with van der Waals surface area (Å²) in [5.74, 6) is -0.0222. The Morgan fingerprint density at radius 2 is 1.96 bits per heavy atom. The van der Waals surface area contributed by atoms with Crippen LogP contribution in [0.1, 0.15) is 35.0 Å². The number of nitriles is 1. The van der Waals surface area contributed by atoms with E-state index < -0.39 is 0 Å². The number of thioether (sulfide) groups is 1. The molecule has 2 rings (SSSR count). The molecule has 0 saturated carbocycles. The maximum Gasteiger partial charge on any atom is 0.338 e. The molecule has 1 aromatic carbocycles. The van der Waals surface area contributed by atoms with Crippen molar-refractivity contribution in [2.45, 2.75) is 25.3 Å². The standard InChI is InChI=1S/C19H19N3O3S/c1-3-25-19(24)14-6-8-16(9-7-14)22-17(23)10-11-26-18-15(12-20)5-4-13(2)21-18/h4-9H,3,10-11H2,1-2H3,(H,22,23). The average molecular weight is 369 g/mol. The van der Waals surface area contributed by atoms with E-state index >= 15 is 0 Å². The van der Waals surface area contributed by atoms with Crippen molar-refractivity contribution in [3.05, 3.63) is 53.2 Å². The maximum atomic E-state index is 12.0. The summed E-state index contributed by atoms with van der Waals surface area (Å²) < 4.78 is 4.91. The Balaban J connectivity index is 1.85. The van der Waals surface area contributed by atoms with Gasteiger partial charge in [0.15, 0.2) is 0 Å². The fourth-order valence-corrected chi connectivity index (χ4v) is 3.05. The molecule has 0 aliphatic heterocycles. The summed E-state index contributed by atoms with van der Waals surface area (Å²) in [5.41, 5.74) is 2.39. The van der Waals surface area contributed by atoms with Gasteiger partial charge in [0.05, 0.1) is 17.7 Å². The summed E-state index contributed by atoms with van der Waals surface area (Å²) in [4.78, 5) is 28.0. The molecule has 6 nitrogen and oxygen atoms in total. The van der Waals surface area contributed by atoms with Gasteiger partial charge in [-0.2, -0.15) is 5.26 Å². The number of pyridine rings is 1. The van der Waals surface area contributed by atoms with Gasteiger partial charge < -0.3 is 10.1 Å². The van der Waals surface area contributed by atoms with Gasteiger partial charge >= 0.3 is 5.97 Å². The lowest BCUT2D eigenvalue weighted by molar-refractivity contribution is -0.115. The highest BCUT2D eigenvalue weighted by Crippen LogP contribution is 2.21. The predicted molar refractivity (Wildman–Crippen MR) is 100 cm³/mol. The average Bonchev–Trinajstić information content (AvgIpc) is 2.62. The first-order valence-corrected chi connectivity index (χ1v) is 9.09. The lowest BCUT2D eigenvalue weighted by Gasteiger charge is -2.07. The molecule has 0 spiro atoms. The van der Waals surface area contributed by atoms with Gasteiger partial charge in [-0.3, -0.25) is 4.79 Å². The molecule has 0 saturated heterocycles. The molecule has 1 N–H and O–H groups in total. The third-order valence-electron chi connectivity index (χ3n) is 3.37. The minimum Gasteiger partial charge on any atom is -0.462 e. The van der Waals surface area contributed by atoms with E-state index in [9.17, 15) is 9.59 Å². The van der Waals surface area contributed by atoms with Crippen LogP contribution in [0, 0.1) is 18.3 Å². The van der Waals surface area contributed by atoms with Gasteiger partial charge in [0, 0.05) is 23.6 Å². The first-order chi connectivity index (χ1) is 12.5. The van der Waals surface area contributed by atoms with Gasteiger partial charge in [0.25, 0.3) is 0 Å². The Hall–Kier alpha value is -2.85. The number of ether oxygens (including phenoxy) is 1. The fourth-order valence-electron chi connectivity index (χ4n) is 2.10. The highest BCUT2D eigenvalue weighted by atomic mass is 32.2. The Kier molecular flexibility index (Phi) is 7.18. The molecule has 0 fully saturated rings. The van der Waals surface area contributed by atoms with E-state index in [0.717, 1.165) is 5.69 Å². The summed E-state index contributed by atoms with van der Waals surface area (Å²) in [5, 5.41) is 12.5. The highest BCUT2D eigenvalue weighted by Gasteiger charge is 2.09. The van der Waals surface area contributed by atoms with Gasteiger partial charge in [-0.15, -0.1) is 11.8 Å². The van der Waals surface area contributed by atoms with Crippen LogP contribution < -0.4 is 5.32 Å². The van der Waals surface area contributed by atoms with Crippen molar-refractivity contribution in [3.8, 4) is 6.07 Å². The van der Waals surface area contributed by atoms with Crippen LogP contribution in [0.3, 0.4) is 0 Å². The van der Waals surface area contributed by atoms with E-state index in [1.807, 2.05) is 6.92 Å². The first kappa shape index (κ1) is 19.5. The molecular formula is C19H19N3O3S. The lowest BCUT2D eigenvalue weighted by Crippen LogP contribution is -2.12. The maximum absolute atomic E-state index is 12.0. The minimum absolute atomic E-state index is 0.146. The second-order valence-electron chi connectivity index (χ2n) is 5.36. The van der Waals surface area contributed by atoms with Crippen LogP contribution in [0.2, 0.25) is 0 Å². The topological polar surface area (TPSA) is 92.1 Å².